The van der Waals surface area contributed by atoms with Gasteiger partial charge < -0.3 is 0 Å². The predicted octanol–water partition coefficient (Wildman–Crippen LogP) is 18.0. The van der Waals surface area contributed by atoms with Gasteiger partial charge in [0.25, 0.3) is 0 Å². The van der Waals surface area contributed by atoms with Crippen molar-refractivity contribution in [1.29, 1.82) is 0 Å². The zero-order valence-corrected chi connectivity index (χ0v) is 40.2. The van der Waals surface area contributed by atoms with Gasteiger partial charge in [-0.1, -0.05) is 231 Å². The first-order valence-electron chi connectivity index (χ1n) is 25.6. The van der Waals surface area contributed by atoms with E-state index in [0.717, 1.165) is 33.5 Å². The molecule has 3 heteroatoms. The average molecular weight is 938 g/mol. The Morgan fingerprint density at radius 1 is 0.270 bits per heavy atom. The van der Waals surface area contributed by atoms with Crippen molar-refractivity contribution in [1.82, 2.24) is 14.5 Å². The maximum absolute atomic E-state index is 5.45. The molecule has 2 aromatic heterocycles. The van der Waals surface area contributed by atoms with E-state index in [1.165, 1.54) is 110 Å². The fourth-order valence-electron chi connectivity index (χ4n) is 13.2. The smallest absolute Gasteiger partial charge is 0.235 e. The second-order valence-corrected chi connectivity index (χ2v) is 19.9. The maximum Gasteiger partial charge on any atom is 0.235 e. The summed E-state index contributed by atoms with van der Waals surface area (Å²) in [5.74, 6) is 0.640. The van der Waals surface area contributed by atoms with Crippen LogP contribution in [0.5, 0.6) is 0 Å². The van der Waals surface area contributed by atoms with Crippen LogP contribution in [0.25, 0.3) is 127 Å². The fourth-order valence-corrected chi connectivity index (χ4v) is 13.2. The summed E-state index contributed by atoms with van der Waals surface area (Å²) in [6.07, 6.45) is 0. The highest BCUT2D eigenvalue weighted by Gasteiger charge is 2.52. The second kappa shape index (κ2) is 15.6. The summed E-state index contributed by atoms with van der Waals surface area (Å²) in [5, 5.41) is 9.81. The molecule has 0 N–H and O–H groups in total. The number of hydrogen-bond donors (Lipinski definition) is 0. The molecule has 0 bridgehead atoms. The Labute approximate surface area is 428 Å². The first-order chi connectivity index (χ1) is 36.7. The Hall–Kier alpha value is -9.70. The molecule has 0 fully saturated rings. The fraction of sp³-hybridized carbons (Fsp3) is 0.0141. The third-order valence-electron chi connectivity index (χ3n) is 16.2. The summed E-state index contributed by atoms with van der Waals surface area (Å²) in [5.41, 5.74) is 20.5. The van der Waals surface area contributed by atoms with Gasteiger partial charge in [0.2, 0.25) is 5.95 Å². The van der Waals surface area contributed by atoms with Gasteiger partial charge in [0, 0.05) is 21.9 Å². The van der Waals surface area contributed by atoms with E-state index in [9.17, 15) is 0 Å². The summed E-state index contributed by atoms with van der Waals surface area (Å²) in [4.78, 5) is 10.9. The molecule has 2 aliphatic rings. The van der Waals surface area contributed by atoms with E-state index < -0.39 is 5.41 Å². The standard InChI is InChI=1S/C71H43N3/c1-3-21-45(22-4-1)64-43-65(46-23-5-2-6-24-46)73-70(72-64)74-66-37-18-15-29-52(66)59-41-58-50-28-14-17-36-61(50)71(63(58)42-67(59)74)60-35-16-13-27-49(60)51-39-38-47(40-62(51)71)68-54-30-9-11-32-56(54)69(57-33-12-10-31-55(57)68)53-34-19-25-44-20-7-8-26-48(44)53/h1-43H. The van der Waals surface area contributed by atoms with E-state index in [-0.39, 0.29) is 0 Å². The van der Waals surface area contributed by atoms with Gasteiger partial charge >= 0.3 is 0 Å². The van der Waals surface area contributed by atoms with Gasteiger partial charge in [0.1, 0.15) is 0 Å². The normalized spacial score (nSPS) is 14.3. The van der Waals surface area contributed by atoms with Gasteiger partial charge in [0.05, 0.1) is 27.8 Å². The first kappa shape index (κ1) is 41.0. The number of aromatic nitrogens is 3. The molecule has 342 valence electrons. The maximum atomic E-state index is 5.45. The molecule has 74 heavy (non-hydrogen) atoms. The lowest BCUT2D eigenvalue weighted by molar-refractivity contribution is 0.794. The van der Waals surface area contributed by atoms with Gasteiger partial charge in [0.15, 0.2) is 0 Å². The Kier molecular flexibility index (Phi) is 8.66. The van der Waals surface area contributed by atoms with Crippen LogP contribution in [0.1, 0.15) is 22.3 Å². The topological polar surface area (TPSA) is 30.7 Å². The van der Waals surface area contributed by atoms with Gasteiger partial charge in [-0.3, -0.25) is 4.57 Å². The lowest BCUT2D eigenvalue weighted by Gasteiger charge is -2.31. The Bertz CT molecular complexity index is 4540. The number of fused-ring (bicyclic) bond motifs is 16. The third kappa shape index (κ3) is 5.66. The molecular weight excluding hydrogens is 895 g/mol. The lowest BCUT2D eigenvalue weighted by atomic mass is 9.70. The minimum Gasteiger partial charge on any atom is -0.278 e. The SMILES string of the molecule is c1ccc(-c2cc(-c3ccccc3)nc(-n3c4ccccc4c4cc5c(cc43)C3(c4ccccc4-c4ccc(-c6c7ccccc7c(-c7cccc8ccccc78)c7ccccc67)cc43)c3ccccc3-5)n2)cc1. The van der Waals surface area contributed by atoms with Crippen LogP contribution in [0.2, 0.25) is 0 Å². The van der Waals surface area contributed by atoms with Crippen LogP contribution in [-0.4, -0.2) is 14.5 Å². The van der Waals surface area contributed by atoms with Crippen LogP contribution >= 0.6 is 0 Å². The minimum absolute atomic E-state index is 0.625. The van der Waals surface area contributed by atoms with Crippen LogP contribution in [-0.2, 0) is 5.41 Å². The van der Waals surface area contributed by atoms with Crippen molar-refractivity contribution in [3.8, 4) is 73.0 Å². The molecule has 1 spiro atoms. The van der Waals surface area contributed by atoms with Gasteiger partial charge in [-0.25, -0.2) is 9.97 Å². The van der Waals surface area contributed by atoms with Crippen LogP contribution in [0, 0.1) is 0 Å². The second-order valence-electron chi connectivity index (χ2n) is 19.9. The molecule has 12 aromatic carbocycles. The molecular formula is C71H43N3. The minimum atomic E-state index is -0.625. The van der Waals surface area contributed by atoms with Gasteiger partial charge in [-0.05, 0) is 129 Å². The van der Waals surface area contributed by atoms with Gasteiger partial charge in [-0.15, -0.1) is 0 Å². The zero-order valence-electron chi connectivity index (χ0n) is 40.2. The summed E-state index contributed by atoms with van der Waals surface area (Å²) < 4.78 is 2.31. The quantitative estimate of drug-likeness (QED) is 0.161. The lowest BCUT2D eigenvalue weighted by Crippen LogP contribution is -2.26. The Morgan fingerprint density at radius 2 is 0.757 bits per heavy atom. The molecule has 0 saturated heterocycles. The highest BCUT2D eigenvalue weighted by Crippen LogP contribution is 2.64. The molecule has 0 amide bonds. The molecule has 2 heterocycles. The average Bonchev–Trinajstić information content (AvgIpc) is 4.08. The largest absolute Gasteiger partial charge is 0.278 e. The summed E-state index contributed by atoms with van der Waals surface area (Å²) >= 11 is 0. The van der Waals surface area contributed by atoms with Crippen molar-refractivity contribution >= 4 is 54.1 Å². The van der Waals surface area contributed by atoms with Crippen molar-refractivity contribution in [3.05, 3.63) is 283 Å². The van der Waals surface area contributed by atoms with E-state index in [1.54, 1.807) is 0 Å². The Morgan fingerprint density at radius 3 is 1.42 bits per heavy atom. The highest BCUT2D eigenvalue weighted by atomic mass is 15.2. The monoisotopic (exact) mass is 937 g/mol. The number of benzene rings is 12. The third-order valence-corrected chi connectivity index (χ3v) is 16.2. The summed E-state index contributed by atoms with van der Waals surface area (Å²) in [7, 11) is 0. The predicted molar refractivity (Wildman–Crippen MR) is 307 cm³/mol. The van der Waals surface area contributed by atoms with Crippen molar-refractivity contribution in [3.63, 3.8) is 0 Å². The van der Waals surface area contributed by atoms with Crippen LogP contribution in [0.3, 0.4) is 0 Å². The molecule has 1 atom stereocenters. The van der Waals surface area contributed by atoms with Crippen molar-refractivity contribution < 1.29 is 0 Å². The van der Waals surface area contributed by atoms with E-state index >= 15 is 0 Å². The number of hydrogen-bond acceptors (Lipinski definition) is 2. The Balaban J connectivity index is 0.987. The molecule has 16 rings (SSSR count). The first-order valence-corrected chi connectivity index (χ1v) is 25.6. The van der Waals surface area contributed by atoms with Crippen molar-refractivity contribution in [2.75, 3.05) is 0 Å². The summed E-state index contributed by atoms with van der Waals surface area (Å²) in [6.45, 7) is 0. The molecule has 0 radical (unpaired) electrons. The van der Waals surface area contributed by atoms with Gasteiger partial charge in [-0.2, -0.15) is 0 Å². The van der Waals surface area contributed by atoms with Crippen LogP contribution in [0.15, 0.2) is 261 Å². The van der Waals surface area contributed by atoms with E-state index in [4.69, 9.17) is 9.97 Å². The highest BCUT2D eigenvalue weighted by molar-refractivity contribution is 6.24. The molecule has 0 saturated carbocycles. The molecule has 2 aliphatic carbocycles. The van der Waals surface area contributed by atoms with E-state index in [1.807, 2.05) is 0 Å². The van der Waals surface area contributed by atoms with E-state index in [0.29, 0.717) is 5.95 Å². The number of rotatable bonds is 5. The number of para-hydroxylation sites is 1. The summed E-state index contributed by atoms with van der Waals surface area (Å²) in [6, 6.07) is 96.0. The molecule has 0 aliphatic heterocycles. The van der Waals surface area contributed by atoms with Crippen molar-refractivity contribution in [2.24, 2.45) is 0 Å². The van der Waals surface area contributed by atoms with E-state index in [2.05, 4.69) is 265 Å². The number of nitrogens with zero attached hydrogens (tertiary/aromatic N) is 3. The van der Waals surface area contributed by atoms with Crippen molar-refractivity contribution in [2.45, 2.75) is 5.41 Å². The van der Waals surface area contributed by atoms with Crippen LogP contribution in [0.4, 0.5) is 0 Å². The molecule has 14 aromatic rings. The molecule has 1 unspecified atom stereocenters. The molecule has 3 nitrogen and oxygen atoms in total. The van der Waals surface area contributed by atoms with Crippen LogP contribution < -0.4 is 0 Å². The zero-order chi connectivity index (χ0) is 48.5.